The summed E-state index contributed by atoms with van der Waals surface area (Å²) in [5.74, 6) is -4.20. The van der Waals surface area contributed by atoms with Crippen LogP contribution in [0.2, 0.25) is 0 Å². The van der Waals surface area contributed by atoms with Crippen LogP contribution in [0, 0.1) is 5.41 Å². The Morgan fingerprint density at radius 2 is 2.00 bits per heavy atom. The van der Waals surface area contributed by atoms with Gasteiger partial charge in [0.1, 0.15) is 16.1 Å². The number of ether oxygens (including phenoxy) is 1. The standard InChI is InChI=1S/C13H14BrF2NO4S/c1-12(15,16)13(5-6-13)11(18)17-22(19,20)10-7-8(21-2)3-4-9(10)14/h3-4,7H,5-6H2,1-2H3,(H,17,18). The van der Waals surface area contributed by atoms with E-state index < -0.39 is 27.3 Å². The van der Waals surface area contributed by atoms with E-state index >= 15 is 0 Å². The van der Waals surface area contributed by atoms with Gasteiger partial charge in [-0.2, -0.15) is 0 Å². The molecule has 9 heteroatoms. The van der Waals surface area contributed by atoms with Gasteiger partial charge in [-0.05, 0) is 40.9 Å². The van der Waals surface area contributed by atoms with Crippen LogP contribution in [-0.4, -0.2) is 27.4 Å². The molecule has 0 saturated heterocycles. The van der Waals surface area contributed by atoms with Crippen molar-refractivity contribution in [3.05, 3.63) is 22.7 Å². The van der Waals surface area contributed by atoms with Gasteiger partial charge in [0.2, 0.25) is 5.91 Å². The van der Waals surface area contributed by atoms with Gasteiger partial charge in [-0.25, -0.2) is 21.9 Å². The van der Waals surface area contributed by atoms with E-state index in [2.05, 4.69) is 15.9 Å². The first kappa shape index (κ1) is 17.1. The third kappa shape index (κ3) is 2.96. The first-order chi connectivity index (χ1) is 10.0. The summed E-state index contributed by atoms with van der Waals surface area (Å²) >= 11 is 3.06. The second-order valence-electron chi connectivity index (χ2n) is 5.20. The molecule has 0 heterocycles. The van der Waals surface area contributed by atoms with Gasteiger partial charge in [0.05, 0.1) is 7.11 Å². The lowest BCUT2D eigenvalue weighted by atomic mass is 9.99. The number of halogens is 3. The molecule has 0 atom stereocenters. The van der Waals surface area contributed by atoms with Crippen molar-refractivity contribution >= 4 is 31.9 Å². The Bertz CT molecular complexity index is 711. The molecule has 1 aliphatic rings. The third-order valence-electron chi connectivity index (χ3n) is 3.68. The molecule has 1 amide bonds. The lowest BCUT2D eigenvalue weighted by Crippen LogP contribution is -2.44. The highest BCUT2D eigenvalue weighted by Gasteiger charge is 2.65. The lowest BCUT2D eigenvalue weighted by Gasteiger charge is -2.22. The molecule has 1 aliphatic carbocycles. The van der Waals surface area contributed by atoms with E-state index in [0.29, 0.717) is 6.92 Å². The molecule has 122 valence electrons. The predicted molar refractivity (Wildman–Crippen MR) is 78.3 cm³/mol. The number of methoxy groups -OCH3 is 1. The smallest absolute Gasteiger partial charge is 0.265 e. The molecule has 1 fully saturated rings. The summed E-state index contributed by atoms with van der Waals surface area (Å²) in [7, 11) is -2.93. The van der Waals surface area contributed by atoms with Gasteiger partial charge in [0.15, 0.2) is 0 Å². The topological polar surface area (TPSA) is 72.5 Å². The Morgan fingerprint density at radius 3 is 2.45 bits per heavy atom. The predicted octanol–water partition coefficient (Wildman–Crippen LogP) is 2.70. The van der Waals surface area contributed by atoms with E-state index in [9.17, 15) is 22.0 Å². The molecule has 0 bridgehead atoms. The molecule has 1 N–H and O–H groups in total. The molecular formula is C13H14BrF2NO4S. The molecule has 22 heavy (non-hydrogen) atoms. The van der Waals surface area contributed by atoms with Gasteiger partial charge < -0.3 is 4.74 Å². The zero-order valence-electron chi connectivity index (χ0n) is 11.8. The van der Waals surface area contributed by atoms with Gasteiger partial charge in [-0.15, -0.1) is 0 Å². The molecule has 0 unspecified atom stereocenters. The Kier molecular flexibility index (Phi) is 4.25. The number of carbonyl (C=O) groups excluding carboxylic acids is 1. The van der Waals surface area contributed by atoms with Crippen LogP contribution < -0.4 is 9.46 Å². The minimum absolute atomic E-state index is 0.0445. The van der Waals surface area contributed by atoms with Crippen LogP contribution in [-0.2, 0) is 14.8 Å². The second kappa shape index (κ2) is 5.45. The van der Waals surface area contributed by atoms with Gasteiger partial charge >= 0.3 is 0 Å². The number of hydrogen-bond donors (Lipinski definition) is 1. The van der Waals surface area contributed by atoms with Crippen molar-refractivity contribution in [2.24, 2.45) is 5.41 Å². The Labute approximate surface area is 135 Å². The summed E-state index contributed by atoms with van der Waals surface area (Å²) < 4.78 is 58.4. The van der Waals surface area contributed by atoms with Crippen molar-refractivity contribution in [2.45, 2.75) is 30.6 Å². The largest absolute Gasteiger partial charge is 0.497 e. The highest BCUT2D eigenvalue weighted by molar-refractivity contribution is 9.10. The lowest BCUT2D eigenvalue weighted by molar-refractivity contribution is -0.139. The van der Waals surface area contributed by atoms with Crippen LogP contribution in [0.3, 0.4) is 0 Å². The van der Waals surface area contributed by atoms with Crippen molar-refractivity contribution in [3.8, 4) is 5.75 Å². The number of carbonyl (C=O) groups is 1. The average Bonchev–Trinajstić information content (AvgIpc) is 3.19. The fourth-order valence-corrected chi connectivity index (χ4v) is 4.11. The van der Waals surface area contributed by atoms with Crippen molar-refractivity contribution < 1.29 is 26.7 Å². The molecule has 0 radical (unpaired) electrons. The van der Waals surface area contributed by atoms with Crippen LogP contribution in [0.1, 0.15) is 19.8 Å². The molecule has 5 nitrogen and oxygen atoms in total. The summed E-state index contributed by atoms with van der Waals surface area (Å²) in [5.41, 5.74) is -1.94. The number of amides is 1. The zero-order chi connectivity index (χ0) is 16.8. The number of rotatable bonds is 5. The van der Waals surface area contributed by atoms with Gasteiger partial charge in [-0.3, -0.25) is 4.79 Å². The third-order valence-corrected chi connectivity index (χ3v) is 6.00. The van der Waals surface area contributed by atoms with E-state index in [1.165, 1.54) is 25.3 Å². The highest BCUT2D eigenvalue weighted by Crippen LogP contribution is 2.56. The molecule has 1 saturated carbocycles. The molecule has 1 aromatic carbocycles. The van der Waals surface area contributed by atoms with E-state index in [-0.39, 0.29) is 28.0 Å². The summed E-state index contributed by atoms with van der Waals surface area (Å²) in [6.07, 6.45) is -0.0890. The Morgan fingerprint density at radius 1 is 1.41 bits per heavy atom. The van der Waals surface area contributed by atoms with Crippen LogP contribution in [0.4, 0.5) is 8.78 Å². The summed E-state index contributed by atoms with van der Waals surface area (Å²) in [5, 5.41) is 0. The van der Waals surface area contributed by atoms with Crippen molar-refractivity contribution in [3.63, 3.8) is 0 Å². The fourth-order valence-electron chi connectivity index (χ4n) is 2.08. The van der Waals surface area contributed by atoms with Crippen LogP contribution in [0.15, 0.2) is 27.6 Å². The number of benzene rings is 1. The zero-order valence-corrected chi connectivity index (χ0v) is 14.2. The quantitative estimate of drug-likeness (QED) is 0.828. The van der Waals surface area contributed by atoms with Crippen LogP contribution >= 0.6 is 15.9 Å². The molecule has 1 aromatic rings. The van der Waals surface area contributed by atoms with Crippen molar-refractivity contribution in [1.29, 1.82) is 0 Å². The van der Waals surface area contributed by atoms with Gasteiger partial charge in [0, 0.05) is 17.5 Å². The Balaban J connectivity index is 2.31. The summed E-state index contributed by atoms with van der Waals surface area (Å²) in [4.78, 5) is 11.8. The minimum atomic E-state index is -4.29. The maximum atomic E-state index is 13.5. The normalized spacial score (nSPS) is 17.0. The molecule has 2 rings (SSSR count). The van der Waals surface area contributed by atoms with E-state index in [1.807, 2.05) is 0 Å². The van der Waals surface area contributed by atoms with Crippen molar-refractivity contribution in [1.82, 2.24) is 4.72 Å². The van der Waals surface area contributed by atoms with Gasteiger partial charge in [-0.1, -0.05) is 0 Å². The first-order valence-electron chi connectivity index (χ1n) is 6.32. The van der Waals surface area contributed by atoms with E-state index in [4.69, 9.17) is 4.74 Å². The molecule has 0 spiro atoms. The minimum Gasteiger partial charge on any atom is -0.497 e. The number of nitrogens with one attached hydrogen (secondary N) is 1. The fraction of sp³-hybridized carbons (Fsp3) is 0.462. The van der Waals surface area contributed by atoms with Crippen molar-refractivity contribution in [2.75, 3.05) is 7.11 Å². The van der Waals surface area contributed by atoms with Crippen LogP contribution in [0.25, 0.3) is 0 Å². The van der Waals surface area contributed by atoms with E-state index in [0.717, 1.165) is 0 Å². The maximum absolute atomic E-state index is 13.5. The van der Waals surface area contributed by atoms with Crippen LogP contribution in [0.5, 0.6) is 5.75 Å². The average molecular weight is 398 g/mol. The monoisotopic (exact) mass is 397 g/mol. The number of alkyl halides is 2. The Hall–Kier alpha value is -1.22. The molecule has 0 aliphatic heterocycles. The van der Waals surface area contributed by atoms with E-state index in [1.54, 1.807) is 4.72 Å². The summed E-state index contributed by atoms with van der Waals surface area (Å²) in [6, 6.07) is 4.15. The molecule has 0 aromatic heterocycles. The maximum Gasteiger partial charge on any atom is 0.265 e. The molecular weight excluding hydrogens is 384 g/mol. The second-order valence-corrected chi connectivity index (χ2v) is 7.71. The first-order valence-corrected chi connectivity index (χ1v) is 8.60. The number of sulfonamides is 1. The van der Waals surface area contributed by atoms with Gasteiger partial charge in [0.25, 0.3) is 15.9 Å². The highest BCUT2D eigenvalue weighted by atomic mass is 79.9. The SMILES string of the molecule is COc1ccc(Br)c(S(=O)(=O)NC(=O)C2(C(C)(F)F)CC2)c1. The summed E-state index contributed by atoms with van der Waals surface area (Å²) in [6.45, 7) is 0.619. The number of hydrogen-bond acceptors (Lipinski definition) is 4.